The molecule has 1 N–H and O–H groups in total. The van der Waals surface area contributed by atoms with E-state index in [9.17, 15) is 9.59 Å². The van der Waals surface area contributed by atoms with Gasteiger partial charge in [-0.1, -0.05) is 0 Å². The van der Waals surface area contributed by atoms with Gasteiger partial charge in [0.2, 0.25) is 5.78 Å². The van der Waals surface area contributed by atoms with Crippen LogP contribution in [0, 0.1) is 5.92 Å². The number of carbonyl (C=O) groups is 2. The Balaban J connectivity index is 2.49. The van der Waals surface area contributed by atoms with Gasteiger partial charge in [-0.15, -0.1) is 0 Å². The van der Waals surface area contributed by atoms with Crippen molar-refractivity contribution in [3.05, 3.63) is 0 Å². The van der Waals surface area contributed by atoms with Crippen LogP contribution in [-0.4, -0.2) is 23.3 Å². The van der Waals surface area contributed by atoms with Gasteiger partial charge in [0.1, 0.15) is 0 Å². The maximum atomic E-state index is 10.8. The molecule has 0 bridgehead atoms. The molecular formula is C7H10O3. The Morgan fingerprint density at radius 2 is 2.20 bits per heavy atom. The Morgan fingerprint density at radius 1 is 1.50 bits per heavy atom. The summed E-state index contributed by atoms with van der Waals surface area (Å²) in [7, 11) is 0. The normalized spacial score (nSPS) is 25.9. The van der Waals surface area contributed by atoms with Crippen molar-refractivity contribution in [1.29, 1.82) is 0 Å². The van der Waals surface area contributed by atoms with Gasteiger partial charge in [0.25, 0.3) is 0 Å². The third-order valence-corrected chi connectivity index (χ3v) is 1.84. The van der Waals surface area contributed by atoms with E-state index in [-0.39, 0.29) is 24.1 Å². The van der Waals surface area contributed by atoms with Crippen LogP contribution < -0.4 is 0 Å². The van der Waals surface area contributed by atoms with Crippen molar-refractivity contribution in [2.24, 2.45) is 5.92 Å². The highest BCUT2D eigenvalue weighted by atomic mass is 16.3. The van der Waals surface area contributed by atoms with Gasteiger partial charge in [-0.2, -0.15) is 0 Å². The zero-order valence-electron chi connectivity index (χ0n) is 5.67. The number of ketones is 2. The lowest BCUT2D eigenvalue weighted by molar-refractivity contribution is -0.135. The highest BCUT2D eigenvalue weighted by molar-refractivity contribution is 6.39. The monoisotopic (exact) mass is 142 g/mol. The van der Waals surface area contributed by atoms with E-state index in [1.165, 1.54) is 0 Å². The first-order valence-corrected chi connectivity index (χ1v) is 3.43. The van der Waals surface area contributed by atoms with E-state index >= 15 is 0 Å². The summed E-state index contributed by atoms with van der Waals surface area (Å²) in [4.78, 5) is 21.5. The quantitative estimate of drug-likeness (QED) is 0.548. The average Bonchev–Trinajstić information content (AvgIpc) is 2.20. The summed E-state index contributed by atoms with van der Waals surface area (Å²) < 4.78 is 0. The van der Waals surface area contributed by atoms with Crippen LogP contribution in [0.15, 0.2) is 0 Å². The van der Waals surface area contributed by atoms with Crippen LogP contribution in [0.1, 0.15) is 19.3 Å². The van der Waals surface area contributed by atoms with Gasteiger partial charge in [0, 0.05) is 18.9 Å². The molecule has 3 nitrogen and oxygen atoms in total. The lowest BCUT2D eigenvalue weighted by Gasteiger charge is -2.00. The van der Waals surface area contributed by atoms with E-state index in [1.54, 1.807) is 0 Å². The molecule has 10 heavy (non-hydrogen) atoms. The predicted octanol–water partition coefficient (Wildman–Crippen LogP) is -0.0830. The van der Waals surface area contributed by atoms with Crippen LogP contribution in [0.2, 0.25) is 0 Å². The number of Topliss-reactive ketones (excluding diaryl/α,β-unsaturated/α-hetero) is 2. The molecule has 1 unspecified atom stereocenters. The first kappa shape index (κ1) is 7.41. The van der Waals surface area contributed by atoms with Crippen LogP contribution in [0.4, 0.5) is 0 Å². The van der Waals surface area contributed by atoms with Gasteiger partial charge in [-0.25, -0.2) is 0 Å². The van der Waals surface area contributed by atoms with Crippen LogP contribution in [-0.2, 0) is 9.59 Å². The predicted molar refractivity (Wildman–Crippen MR) is 34.4 cm³/mol. The fourth-order valence-electron chi connectivity index (χ4n) is 1.22. The van der Waals surface area contributed by atoms with E-state index < -0.39 is 0 Å². The smallest absolute Gasteiger partial charge is 0.201 e. The first-order valence-electron chi connectivity index (χ1n) is 3.43. The molecule has 1 saturated carbocycles. The number of hydrogen-bond acceptors (Lipinski definition) is 3. The molecule has 1 rings (SSSR count). The summed E-state index contributed by atoms with van der Waals surface area (Å²) in [5.41, 5.74) is 0. The summed E-state index contributed by atoms with van der Waals surface area (Å²) in [5, 5.41) is 8.47. The Kier molecular flexibility index (Phi) is 2.17. The molecule has 0 aromatic carbocycles. The molecule has 1 fully saturated rings. The first-order chi connectivity index (χ1) is 4.75. The van der Waals surface area contributed by atoms with E-state index in [0.29, 0.717) is 19.3 Å². The number of aliphatic hydroxyl groups excluding tert-OH is 1. The second-order valence-electron chi connectivity index (χ2n) is 2.54. The van der Waals surface area contributed by atoms with Crippen LogP contribution >= 0.6 is 0 Å². The van der Waals surface area contributed by atoms with Crippen molar-refractivity contribution in [2.75, 3.05) is 6.61 Å². The zero-order valence-corrected chi connectivity index (χ0v) is 5.67. The molecule has 0 spiro atoms. The van der Waals surface area contributed by atoms with E-state index in [4.69, 9.17) is 5.11 Å². The summed E-state index contributed by atoms with van der Waals surface area (Å²) in [6.45, 7) is 0.00366. The minimum atomic E-state index is -0.283. The van der Waals surface area contributed by atoms with Gasteiger partial charge in [0.05, 0.1) is 0 Å². The average molecular weight is 142 g/mol. The topological polar surface area (TPSA) is 54.4 Å². The molecule has 0 aromatic rings. The summed E-state index contributed by atoms with van der Waals surface area (Å²) in [5.74, 6) is -0.731. The number of rotatable bonds is 2. The molecule has 1 aliphatic carbocycles. The molecule has 1 aliphatic rings. The molecule has 1 atom stereocenters. The fourth-order valence-corrected chi connectivity index (χ4v) is 1.22. The molecule has 0 radical (unpaired) electrons. The molecule has 0 heterocycles. The van der Waals surface area contributed by atoms with Crippen molar-refractivity contribution in [1.82, 2.24) is 0 Å². The van der Waals surface area contributed by atoms with Crippen molar-refractivity contribution in [2.45, 2.75) is 19.3 Å². The standard InChI is InChI=1S/C7H10O3/c8-4-3-5-1-2-6(9)7(5)10/h5,8H,1-4H2. The molecular weight excluding hydrogens is 132 g/mol. The summed E-state index contributed by atoms with van der Waals surface area (Å²) >= 11 is 0. The van der Waals surface area contributed by atoms with Gasteiger partial charge in [-0.3, -0.25) is 9.59 Å². The number of hydrogen-bond donors (Lipinski definition) is 1. The maximum Gasteiger partial charge on any atom is 0.201 e. The highest BCUT2D eigenvalue weighted by Crippen LogP contribution is 2.20. The number of carbonyl (C=O) groups excluding carboxylic acids is 2. The van der Waals surface area contributed by atoms with Crippen molar-refractivity contribution >= 4 is 11.6 Å². The fraction of sp³-hybridized carbons (Fsp3) is 0.714. The Labute approximate surface area is 59.0 Å². The molecule has 0 saturated heterocycles. The summed E-state index contributed by atoms with van der Waals surface area (Å²) in [6.07, 6.45) is 1.46. The van der Waals surface area contributed by atoms with E-state index in [2.05, 4.69) is 0 Å². The second kappa shape index (κ2) is 2.92. The third-order valence-electron chi connectivity index (χ3n) is 1.84. The molecule has 56 valence electrons. The second-order valence-corrected chi connectivity index (χ2v) is 2.54. The minimum absolute atomic E-state index is 0.00366. The number of aliphatic hydroxyl groups is 1. The highest BCUT2D eigenvalue weighted by Gasteiger charge is 2.31. The Morgan fingerprint density at radius 3 is 2.60 bits per heavy atom. The van der Waals surface area contributed by atoms with Crippen molar-refractivity contribution < 1.29 is 14.7 Å². The molecule has 3 heteroatoms. The lowest BCUT2D eigenvalue weighted by Crippen LogP contribution is -2.14. The summed E-state index contributed by atoms with van der Waals surface area (Å²) in [6, 6.07) is 0. The minimum Gasteiger partial charge on any atom is -0.396 e. The SMILES string of the molecule is O=C1CCC(CCO)C1=O. The van der Waals surface area contributed by atoms with E-state index in [0.717, 1.165) is 0 Å². The van der Waals surface area contributed by atoms with Crippen LogP contribution in [0.5, 0.6) is 0 Å². The lowest BCUT2D eigenvalue weighted by atomic mass is 10.0. The third kappa shape index (κ3) is 1.24. The maximum absolute atomic E-state index is 10.8. The van der Waals surface area contributed by atoms with Crippen molar-refractivity contribution in [3.63, 3.8) is 0 Å². The van der Waals surface area contributed by atoms with Crippen molar-refractivity contribution in [3.8, 4) is 0 Å². The van der Waals surface area contributed by atoms with Gasteiger partial charge in [-0.05, 0) is 12.8 Å². The molecule has 0 amide bonds. The Bertz CT molecular complexity index is 162. The van der Waals surface area contributed by atoms with Gasteiger partial charge >= 0.3 is 0 Å². The molecule has 0 aromatic heterocycles. The largest absolute Gasteiger partial charge is 0.396 e. The van der Waals surface area contributed by atoms with Gasteiger partial charge < -0.3 is 5.11 Å². The van der Waals surface area contributed by atoms with E-state index in [1.807, 2.05) is 0 Å². The van der Waals surface area contributed by atoms with Gasteiger partial charge in [0.15, 0.2) is 5.78 Å². The van der Waals surface area contributed by atoms with Crippen LogP contribution in [0.25, 0.3) is 0 Å². The van der Waals surface area contributed by atoms with Crippen LogP contribution in [0.3, 0.4) is 0 Å². The molecule has 0 aliphatic heterocycles. The Hall–Kier alpha value is -0.700. The zero-order chi connectivity index (χ0) is 7.56.